The second-order valence-corrected chi connectivity index (χ2v) is 4.92. The van der Waals surface area contributed by atoms with E-state index in [2.05, 4.69) is 22.6 Å². The number of esters is 1. The van der Waals surface area contributed by atoms with Crippen molar-refractivity contribution >= 4 is 34.3 Å². The van der Waals surface area contributed by atoms with E-state index in [1.54, 1.807) is 30.3 Å². The van der Waals surface area contributed by atoms with E-state index in [-0.39, 0.29) is 11.3 Å². The van der Waals surface area contributed by atoms with Crippen LogP contribution in [0.4, 0.5) is 0 Å². The topological polar surface area (TPSA) is 93.2 Å². The van der Waals surface area contributed by atoms with Gasteiger partial charge in [-0.3, -0.25) is 4.79 Å². The van der Waals surface area contributed by atoms with Crippen LogP contribution < -0.4 is 5.73 Å². The highest BCUT2D eigenvalue weighted by molar-refractivity contribution is 14.1. The van der Waals surface area contributed by atoms with E-state index < -0.39 is 18.4 Å². The van der Waals surface area contributed by atoms with Crippen molar-refractivity contribution in [1.82, 2.24) is 0 Å². The third kappa shape index (κ3) is 4.37. The lowest BCUT2D eigenvalue weighted by Crippen LogP contribution is -2.17. The number of ketones is 1. The van der Waals surface area contributed by atoms with Gasteiger partial charge in [-0.1, -0.05) is 0 Å². The molecule has 5 nitrogen and oxygen atoms in total. The first kappa shape index (κ1) is 15.2. The molecule has 0 unspecified atom stereocenters. The van der Waals surface area contributed by atoms with Gasteiger partial charge in [-0.25, -0.2) is 4.79 Å². The molecule has 0 aliphatic rings. The molecule has 0 bridgehead atoms. The van der Waals surface area contributed by atoms with Crippen molar-refractivity contribution in [2.75, 3.05) is 6.61 Å². The highest BCUT2D eigenvalue weighted by atomic mass is 127. The summed E-state index contributed by atoms with van der Waals surface area (Å²) >= 11 is 2.11. The second kappa shape index (κ2) is 6.89. The number of allylic oxidation sites excluding steroid dienone is 1. The first-order chi connectivity index (χ1) is 8.95. The largest absolute Gasteiger partial charge is 0.454 e. The number of nitrogens with zero attached hydrogens (tertiary/aromatic N) is 1. The molecule has 0 atom stereocenters. The number of nitrogens with two attached hydrogens (primary N) is 1. The van der Waals surface area contributed by atoms with E-state index in [9.17, 15) is 9.59 Å². The number of benzene rings is 1. The van der Waals surface area contributed by atoms with Crippen LogP contribution in [0.2, 0.25) is 0 Å². The summed E-state index contributed by atoms with van der Waals surface area (Å²) < 4.78 is 5.82. The average Bonchev–Trinajstić information content (AvgIpc) is 2.37. The van der Waals surface area contributed by atoms with Crippen LogP contribution in [0.5, 0.6) is 0 Å². The van der Waals surface area contributed by atoms with Gasteiger partial charge in [0.15, 0.2) is 6.61 Å². The molecule has 1 aromatic carbocycles. The Morgan fingerprint density at radius 1 is 1.37 bits per heavy atom. The molecule has 0 aromatic heterocycles. The molecular formula is C13H11IN2O3. The van der Waals surface area contributed by atoms with Crippen LogP contribution >= 0.6 is 22.6 Å². The number of carbonyl (C=O) groups is 2. The van der Waals surface area contributed by atoms with Gasteiger partial charge in [0.25, 0.3) is 0 Å². The number of rotatable bonds is 4. The maximum absolute atomic E-state index is 11.6. The lowest BCUT2D eigenvalue weighted by atomic mass is 10.1. The molecule has 0 radical (unpaired) electrons. The van der Waals surface area contributed by atoms with E-state index in [4.69, 9.17) is 15.7 Å². The zero-order chi connectivity index (χ0) is 14.4. The fourth-order valence-electron chi connectivity index (χ4n) is 1.24. The van der Waals surface area contributed by atoms with Gasteiger partial charge in [-0.15, -0.1) is 0 Å². The Morgan fingerprint density at radius 3 is 2.42 bits per heavy atom. The molecule has 1 rings (SSSR count). The number of halogens is 1. The highest BCUT2D eigenvalue weighted by Crippen LogP contribution is 2.08. The number of hydrogen-bond acceptors (Lipinski definition) is 5. The van der Waals surface area contributed by atoms with Gasteiger partial charge in [-0.2, -0.15) is 5.26 Å². The number of nitriles is 1. The average molecular weight is 370 g/mol. The zero-order valence-electron chi connectivity index (χ0n) is 10.1. The maximum Gasteiger partial charge on any atom is 0.338 e. The van der Waals surface area contributed by atoms with Crippen molar-refractivity contribution in [1.29, 1.82) is 5.26 Å². The number of hydrogen-bond donors (Lipinski definition) is 1. The summed E-state index contributed by atoms with van der Waals surface area (Å²) in [5.74, 6) is -1.22. The summed E-state index contributed by atoms with van der Waals surface area (Å²) in [6.07, 6.45) is 0. The van der Waals surface area contributed by atoms with Gasteiger partial charge in [0, 0.05) is 9.27 Å². The molecule has 0 heterocycles. The van der Waals surface area contributed by atoms with Crippen LogP contribution in [0, 0.1) is 14.9 Å². The van der Waals surface area contributed by atoms with Crippen LogP contribution in [0.25, 0.3) is 0 Å². The summed E-state index contributed by atoms with van der Waals surface area (Å²) in [6.45, 7) is 0.944. The summed E-state index contributed by atoms with van der Waals surface area (Å²) in [4.78, 5) is 23.2. The summed E-state index contributed by atoms with van der Waals surface area (Å²) in [5.41, 5.74) is 5.65. The molecular weight excluding hydrogens is 359 g/mol. The van der Waals surface area contributed by atoms with Gasteiger partial charge in [0.05, 0.1) is 5.56 Å². The lowest BCUT2D eigenvalue weighted by Gasteiger charge is -2.04. The second-order valence-electron chi connectivity index (χ2n) is 3.68. The van der Waals surface area contributed by atoms with E-state index in [0.717, 1.165) is 3.57 Å². The van der Waals surface area contributed by atoms with E-state index >= 15 is 0 Å². The minimum Gasteiger partial charge on any atom is -0.454 e. The molecule has 19 heavy (non-hydrogen) atoms. The number of carbonyl (C=O) groups excluding carboxylic acids is 2. The SMILES string of the molecule is C/C(N)=C(/C#N)C(=O)COC(=O)c1ccc(I)cc1. The van der Waals surface area contributed by atoms with Crippen LogP contribution in [0.15, 0.2) is 35.5 Å². The standard InChI is InChI=1S/C13H11IN2O3/c1-8(16)11(6-15)12(17)7-19-13(18)9-2-4-10(14)5-3-9/h2-5H,7,16H2,1H3/b11-8+. The molecule has 2 N–H and O–H groups in total. The minimum atomic E-state index is -0.614. The predicted molar refractivity (Wildman–Crippen MR) is 76.9 cm³/mol. The smallest absolute Gasteiger partial charge is 0.338 e. The molecule has 0 amide bonds. The Labute approximate surface area is 124 Å². The van der Waals surface area contributed by atoms with Crippen LogP contribution in [0.3, 0.4) is 0 Å². The highest BCUT2D eigenvalue weighted by Gasteiger charge is 2.15. The maximum atomic E-state index is 11.6. The third-order valence-electron chi connectivity index (χ3n) is 2.20. The Hall–Kier alpha value is -1.88. The normalized spacial score (nSPS) is 11.2. The third-order valence-corrected chi connectivity index (χ3v) is 2.92. The molecule has 0 saturated carbocycles. The van der Waals surface area contributed by atoms with E-state index in [1.165, 1.54) is 6.92 Å². The molecule has 0 aliphatic carbocycles. The lowest BCUT2D eigenvalue weighted by molar-refractivity contribution is -0.118. The Morgan fingerprint density at radius 2 is 1.95 bits per heavy atom. The van der Waals surface area contributed by atoms with Crippen molar-refractivity contribution < 1.29 is 14.3 Å². The monoisotopic (exact) mass is 370 g/mol. The van der Waals surface area contributed by atoms with Crippen LogP contribution in [-0.2, 0) is 9.53 Å². The van der Waals surface area contributed by atoms with Gasteiger partial charge in [0.1, 0.15) is 11.6 Å². The quantitative estimate of drug-likeness (QED) is 0.377. The Kier molecular flexibility index (Phi) is 5.51. The zero-order valence-corrected chi connectivity index (χ0v) is 12.3. The van der Waals surface area contributed by atoms with Gasteiger partial charge in [-0.05, 0) is 53.8 Å². The van der Waals surface area contributed by atoms with E-state index in [0.29, 0.717) is 5.56 Å². The Bertz CT molecular complexity index is 567. The first-order valence-corrected chi connectivity index (χ1v) is 6.36. The fourth-order valence-corrected chi connectivity index (χ4v) is 1.60. The van der Waals surface area contributed by atoms with Gasteiger partial charge in [0.2, 0.25) is 5.78 Å². The summed E-state index contributed by atoms with van der Waals surface area (Å²) in [7, 11) is 0. The summed E-state index contributed by atoms with van der Waals surface area (Å²) in [6, 6.07) is 8.39. The van der Waals surface area contributed by atoms with Gasteiger partial charge >= 0.3 is 5.97 Å². The van der Waals surface area contributed by atoms with Crippen molar-refractivity contribution in [3.63, 3.8) is 0 Å². The Balaban J connectivity index is 2.66. The minimum absolute atomic E-state index is 0.109. The molecule has 0 saturated heterocycles. The van der Waals surface area contributed by atoms with Gasteiger partial charge < -0.3 is 10.5 Å². The molecule has 6 heteroatoms. The number of Topliss-reactive ketones (excluding diaryl/α,β-unsaturated/α-hetero) is 1. The van der Waals surface area contributed by atoms with Crippen LogP contribution in [-0.4, -0.2) is 18.4 Å². The molecule has 0 fully saturated rings. The molecule has 1 aromatic rings. The van der Waals surface area contributed by atoms with E-state index in [1.807, 2.05) is 0 Å². The molecule has 0 spiro atoms. The molecule has 0 aliphatic heterocycles. The van der Waals surface area contributed by atoms with Crippen LogP contribution in [0.1, 0.15) is 17.3 Å². The predicted octanol–water partition coefficient (Wildman–Crippen LogP) is 1.77. The fraction of sp³-hybridized carbons (Fsp3) is 0.154. The summed E-state index contributed by atoms with van der Waals surface area (Å²) in [5, 5.41) is 8.73. The molecule has 98 valence electrons. The number of ether oxygens (including phenoxy) is 1. The first-order valence-electron chi connectivity index (χ1n) is 5.28. The van der Waals surface area contributed by atoms with Crippen molar-refractivity contribution in [2.24, 2.45) is 5.73 Å². The van der Waals surface area contributed by atoms with Crippen molar-refractivity contribution in [2.45, 2.75) is 6.92 Å². The van der Waals surface area contributed by atoms with Crippen molar-refractivity contribution in [3.05, 3.63) is 44.7 Å². The van der Waals surface area contributed by atoms with Crippen molar-refractivity contribution in [3.8, 4) is 6.07 Å².